The molecule has 2 N–H and O–H groups in total. The first kappa shape index (κ1) is 19.4. The Kier molecular flexibility index (Phi) is 5.60. The number of fused-ring (bicyclic) bond motifs is 1. The van der Waals surface area contributed by atoms with Gasteiger partial charge in [-0.2, -0.15) is 0 Å². The van der Waals surface area contributed by atoms with Crippen LogP contribution in [-0.2, 0) is 20.9 Å². The van der Waals surface area contributed by atoms with Gasteiger partial charge >= 0.3 is 5.97 Å². The topological polar surface area (TPSA) is 110 Å². The SMILES string of the molecule is Cc1c(Cl)cccc1NC(=O)COC(=O)Cn1[nH]c(=O)c2ccccc2c1=O. The van der Waals surface area contributed by atoms with Crippen molar-refractivity contribution in [1.29, 1.82) is 0 Å². The van der Waals surface area contributed by atoms with Crippen LogP contribution >= 0.6 is 11.6 Å². The van der Waals surface area contributed by atoms with Crippen LogP contribution in [0.25, 0.3) is 10.8 Å². The number of nitrogens with one attached hydrogen (secondary N) is 2. The van der Waals surface area contributed by atoms with Crippen molar-refractivity contribution >= 4 is 39.9 Å². The summed E-state index contributed by atoms with van der Waals surface area (Å²) < 4.78 is 5.74. The molecule has 1 heterocycles. The Balaban J connectivity index is 1.65. The van der Waals surface area contributed by atoms with E-state index < -0.39 is 36.1 Å². The first-order valence-electron chi connectivity index (χ1n) is 8.29. The van der Waals surface area contributed by atoms with Gasteiger partial charge in [-0.05, 0) is 36.8 Å². The molecule has 2 aromatic carbocycles. The molecule has 0 radical (unpaired) electrons. The second-order valence-corrected chi connectivity index (χ2v) is 6.41. The molecule has 0 aliphatic carbocycles. The van der Waals surface area contributed by atoms with Gasteiger partial charge in [0, 0.05) is 10.7 Å². The van der Waals surface area contributed by atoms with Gasteiger partial charge in [0.05, 0.1) is 10.8 Å². The Morgan fingerprint density at radius 3 is 2.57 bits per heavy atom. The molecule has 3 aromatic rings. The van der Waals surface area contributed by atoms with Gasteiger partial charge in [0.25, 0.3) is 17.0 Å². The molecule has 0 atom stereocenters. The first-order chi connectivity index (χ1) is 13.4. The first-order valence-corrected chi connectivity index (χ1v) is 8.67. The third-order valence-corrected chi connectivity index (χ3v) is 4.49. The van der Waals surface area contributed by atoms with Gasteiger partial charge < -0.3 is 10.1 Å². The van der Waals surface area contributed by atoms with E-state index in [2.05, 4.69) is 10.4 Å². The van der Waals surface area contributed by atoms with E-state index in [-0.39, 0.29) is 10.8 Å². The van der Waals surface area contributed by atoms with Crippen molar-refractivity contribution in [3.05, 3.63) is 73.8 Å². The largest absolute Gasteiger partial charge is 0.454 e. The monoisotopic (exact) mass is 401 g/mol. The highest BCUT2D eigenvalue weighted by Gasteiger charge is 2.13. The number of aromatic nitrogens is 2. The van der Waals surface area contributed by atoms with Crippen molar-refractivity contribution < 1.29 is 14.3 Å². The van der Waals surface area contributed by atoms with E-state index >= 15 is 0 Å². The molecule has 1 aromatic heterocycles. The van der Waals surface area contributed by atoms with Crippen LogP contribution in [0.2, 0.25) is 5.02 Å². The minimum absolute atomic E-state index is 0.188. The molecule has 28 heavy (non-hydrogen) atoms. The maximum absolute atomic E-state index is 12.4. The van der Waals surface area contributed by atoms with Crippen LogP contribution in [0.4, 0.5) is 5.69 Å². The molecule has 0 saturated heterocycles. The zero-order chi connectivity index (χ0) is 20.3. The second-order valence-electron chi connectivity index (χ2n) is 6.00. The lowest BCUT2D eigenvalue weighted by molar-refractivity contribution is -0.148. The van der Waals surface area contributed by atoms with Gasteiger partial charge in [-0.15, -0.1) is 0 Å². The molecule has 0 aliphatic rings. The highest BCUT2D eigenvalue weighted by atomic mass is 35.5. The van der Waals surface area contributed by atoms with E-state index in [4.69, 9.17) is 16.3 Å². The molecule has 9 heteroatoms. The van der Waals surface area contributed by atoms with Gasteiger partial charge in [0.15, 0.2) is 6.61 Å². The Morgan fingerprint density at radius 1 is 1.11 bits per heavy atom. The van der Waals surface area contributed by atoms with Gasteiger partial charge in [-0.25, -0.2) is 4.68 Å². The zero-order valence-electron chi connectivity index (χ0n) is 14.8. The summed E-state index contributed by atoms with van der Waals surface area (Å²) in [5, 5.41) is 5.82. The minimum Gasteiger partial charge on any atom is -0.454 e. The van der Waals surface area contributed by atoms with E-state index in [9.17, 15) is 19.2 Å². The molecule has 0 fully saturated rings. The van der Waals surface area contributed by atoms with Gasteiger partial charge in [0.1, 0.15) is 6.54 Å². The number of halogens is 1. The molecule has 0 saturated carbocycles. The summed E-state index contributed by atoms with van der Waals surface area (Å²) in [5.41, 5.74) is 0.149. The standard InChI is InChI=1S/C19H16ClN3O5/c1-11-14(20)7-4-8-15(11)21-16(24)10-28-17(25)9-23-19(27)13-6-3-2-5-12(13)18(26)22-23/h2-8H,9-10H2,1H3,(H,21,24)(H,22,26). The van der Waals surface area contributed by atoms with E-state index in [0.717, 1.165) is 4.68 Å². The third-order valence-electron chi connectivity index (χ3n) is 4.08. The number of ether oxygens (including phenoxy) is 1. The number of rotatable bonds is 5. The zero-order valence-corrected chi connectivity index (χ0v) is 15.6. The number of anilines is 1. The maximum atomic E-state index is 12.4. The molecule has 1 amide bonds. The van der Waals surface area contributed by atoms with Crippen LogP contribution in [0.1, 0.15) is 5.56 Å². The number of aromatic amines is 1. The third kappa shape index (κ3) is 4.12. The van der Waals surface area contributed by atoms with Gasteiger partial charge in [-0.3, -0.25) is 24.3 Å². The Bertz CT molecular complexity index is 1180. The summed E-state index contributed by atoms with van der Waals surface area (Å²) in [6.45, 7) is 0.673. The number of amides is 1. The normalized spacial score (nSPS) is 10.6. The number of hydrogen-bond donors (Lipinski definition) is 2. The highest BCUT2D eigenvalue weighted by Crippen LogP contribution is 2.22. The van der Waals surface area contributed by atoms with Gasteiger partial charge in [-0.1, -0.05) is 29.8 Å². The summed E-state index contributed by atoms with van der Waals surface area (Å²) in [4.78, 5) is 48.3. The van der Waals surface area contributed by atoms with E-state index in [1.54, 1.807) is 37.3 Å². The fourth-order valence-electron chi connectivity index (χ4n) is 2.61. The van der Waals surface area contributed by atoms with E-state index in [1.165, 1.54) is 12.1 Å². The quantitative estimate of drug-likeness (QED) is 0.634. The van der Waals surface area contributed by atoms with Crippen molar-refractivity contribution in [1.82, 2.24) is 9.78 Å². The molecule has 0 aliphatic heterocycles. The predicted octanol–water partition coefficient (Wildman–Crippen LogP) is 1.83. The lowest BCUT2D eigenvalue weighted by Crippen LogP contribution is -2.33. The number of esters is 1. The highest BCUT2D eigenvalue weighted by molar-refractivity contribution is 6.31. The molecule has 144 valence electrons. The predicted molar refractivity (Wildman–Crippen MR) is 105 cm³/mol. The van der Waals surface area contributed by atoms with Crippen molar-refractivity contribution in [2.45, 2.75) is 13.5 Å². The van der Waals surface area contributed by atoms with Crippen molar-refractivity contribution in [2.24, 2.45) is 0 Å². The summed E-state index contributed by atoms with van der Waals surface area (Å²) in [6, 6.07) is 11.3. The lowest BCUT2D eigenvalue weighted by Gasteiger charge is -2.10. The fourth-order valence-corrected chi connectivity index (χ4v) is 2.78. The molecular formula is C19H16ClN3O5. The van der Waals surface area contributed by atoms with Crippen LogP contribution in [0.15, 0.2) is 52.1 Å². The van der Waals surface area contributed by atoms with Crippen LogP contribution < -0.4 is 16.4 Å². The minimum atomic E-state index is -0.842. The summed E-state index contributed by atoms with van der Waals surface area (Å²) >= 11 is 5.99. The van der Waals surface area contributed by atoms with Crippen LogP contribution in [0.5, 0.6) is 0 Å². The Hall–Kier alpha value is -3.39. The van der Waals surface area contributed by atoms with Crippen LogP contribution in [0.3, 0.4) is 0 Å². The molecule has 8 nitrogen and oxygen atoms in total. The molecule has 0 bridgehead atoms. The molecule has 0 unspecified atom stereocenters. The number of nitrogens with zero attached hydrogens (tertiary/aromatic N) is 1. The summed E-state index contributed by atoms with van der Waals surface area (Å²) in [7, 11) is 0. The number of carbonyl (C=O) groups is 2. The van der Waals surface area contributed by atoms with Crippen LogP contribution in [0, 0.1) is 6.92 Å². The number of hydrogen-bond acceptors (Lipinski definition) is 5. The smallest absolute Gasteiger partial charge is 0.328 e. The average molecular weight is 402 g/mol. The molecular weight excluding hydrogens is 386 g/mol. The van der Waals surface area contributed by atoms with E-state index in [1.807, 2.05) is 0 Å². The lowest BCUT2D eigenvalue weighted by atomic mass is 10.2. The van der Waals surface area contributed by atoms with E-state index in [0.29, 0.717) is 16.3 Å². The maximum Gasteiger partial charge on any atom is 0.328 e. The number of benzene rings is 2. The van der Waals surface area contributed by atoms with Crippen molar-refractivity contribution in [2.75, 3.05) is 11.9 Å². The van der Waals surface area contributed by atoms with Crippen LogP contribution in [-0.4, -0.2) is 28.3 Å². The fraction of sp³-hybridized carbons (Fsp3) is 0.158. The summed E-state index contributed by atoms with van der Waals surface area (Å²) in [6.07, 6.45) is 0. The van der Waals surface area contributed by atoms with Crippen molar-refractivity contribution in [3.63, 3.8) is 0 Å². The Morgan fingerprint density at radius 2 is 1.82 bits per heavy atom. The number of H-pyrrole nitrogens is 1. The molecule has 0 spiro atoms. The number of carbonyl (C=O) groups excluding carboxylic acids is 2. The Labute approximate surface area is 163 Å². The second kappa shape index (κ2) is 8.10. The summed E-state index contributed by atoms with van der Waals surface area (Å²) in [5.74, 6) is -1.40. The average Bonchev–Trinajstić information content (AvgIpc) is 2.68. The molecule has 3 rings (SSSR count). The van der Waals surface area contributed by atoms with Gasteiger partial charge in [0.2, 0.25) is 0 Å². The van der Waals surface area contributed by atoms with Crippen molar-refractivity contribution in [3.8, 4) is 0 Å².